The Hall–Kier alpha value is -2.12. The number of aromatic nitrogens is 2. The number of hydrogen-bond acceptors (Lipinski definition) is 7. The molecular formula is C18H28N6O. The largest absolute Gasteiger partial charge is 0.468 e. The van der Waals surface area contributed by atoms with Gasteiger partial charge in [0.2, 0.25) is 5.95 Å². The van der Waals surface area contributed by atoms with E-state index in [4.69, 9.17) is 10.2 Å². The van der Waals surface area contributed by atoms with Crippen LogP contribution < -0.4 is 16.4 Å². The highest BCUT2D eigenvalue weighted by molar-refractivity contribution is 5.50. The van der Waals surface area contributed by atoms with Crippen molar-refractivity contribution in [2.45, 2.75) is 32.7 Å². The molecule has 4 N–H and O–H groups in total. The first-order valence-corrected chi connectivity index (χ1v) is 9.10. The number of furan rings is 1. The first-order valence-electron chi connectivity index (χ1n) is 9.10. The van der Waals surface area contributed by atoms with Crippen molar-refractivity contribution in [3.8, 4) is 0 Å². The second-order valence-electron chi connectivity index (χ2n) is 6.24. The Bertz CT molecular complexity index is 668. The van der Waals surface area contributed by atoms with Crippen molar-refractivity contribution in [1.82, 2.24) is 20.2 Å². The molecule has 0 spiro atoms. The molecule has 1 unspecified atom stereocenters. The van der Waals surface area contributed by atoms with E-state index >= 15 is 0 Å². The van der Waals surface area contributed by atoms with E-state index in [1.807, 2.05) is 12.1 Å². The molecule has 2 aromatic heterocycles. The van der Waals surface area contributed by atoms with E-state index in [2.05, 4.69) is 39.3 Å². The summed E-state index contributed by atoms with van der Waals surface area (Å²) in [5.41, 5.74) is 8.17. The molecule has 0 saturated carbocycles. The Morgan fingerprint density at radius 3 is 2.80 bits per heavy atom. The Morgan fingerprint density at radius 1 is 1.28 bits per heavy atom. The van der Waals surface area contributed by atoms with E-state index in [0.29, 0.717) is 12.5 Å². The molecule has 0 amide bonds. The fourth-order valence-corrected chi connectivity index (χ4v) is 3.46. The molecule has 0 aromatic carbocycles. The maximum absolute atomic E-state index is 5.94. The van der Waals surface area contributed by atoms with Gasteiger partial charge in [-0.05, 0) is 38.2 Å². The normalized spacial score (nSPS) is 15.6. The van der Waals surface area contributed by atoms with Gasteiger partial charge in [-0.25, -0.2) is 4.98 Å². The van der Waals surface area contributed by atoms with Gasteiger partial charge in [-0.15, -0.1) is 0 Å². The van der Waals surface area contributed by atoms with E-state index in [9.17, 15) is 0 Å². The molecule has 0 saturated heterocycles. The van der Waals surface area contributed by atoms with Gasteiger partial charge in [0.25, 0.3) is 0 Å². The Labute approximate surface area is 149 Å². The summed E-state index contributed by atoms with van der Waals surface area (Å²) in [5.74, 6) is 2.15. The monoisotopic (exact) mass is 344 g/mol. The zero-order chi connectivity index (χ0) is 17.6. The third-order valence-corrected chi connectivity index (χ3v) is 4.79. The van der Waals surface area contributed by atoms with Crippen LogP contribution >= 0.6 is 0 Å². The van der Waals surface area contributed by atoms with Gasteiger partial charge < -0.3 is 20.8 Å². The summed E-state index contributed by atoms with van der Waals surface area (Å²) >= 11 is 0. The van der Waals surface area contributed by atoms with Gasteiger partial charge in [0.05, 0.1) is 18.0 Å². The average molecular weight is 344 g/mol. The molecule has 0 fully saturated rings. The third kappa shape index (κ3) is 4.11. The van der Waals surface area contributed by atoms with Crippen LogP contribution in [0.2, 0.25) is 0 Å². The molecule has 0 aliphatic carbocycles. The van der Waals surface area contributed by atoms with Gasteiger partial charge >= 0.3 is 0 Å². The number of nitrogens with one attached hydrogen (secondary N) is 2. The van der Waals surface area contributed by atoms with Crippen LogP contribution in [0, 0.1) is 0 Å². The summed E-state index contributed by atoms with van der Waals surface area (Å²) in [6.45, 7) is 8.82. The summed E-state index contributed by atoms with van der Waals surface area (Å²) in [6.07, 6.45) is 3.52. The van der Waals surface area contributed by atoms with Gasteiger partial charge in [-0.3, -0.25) is 4.90 Å². The van der Waals surface area contributed by atoms with Crippen LogP contribution in [-0.4, -0.2) is 47.6 Å². The van der Waals surface area contributed by atoms with E-state index in [-0.39, 0.29) is 6.04 Å². The highest BCUT2D eigenvalue weighted by Gasteiger charge is 2.22. The lowest BCUT2D eigenvalue weighted by Gasteiger charge is -2.28. The second-order valence-corrected chi connectivity index (χ2v) is 6.24. The topological polar surface area (TPSA) is 92.2 Å². The molecule has 1 atom stereocenters. The third-order valence-electron chi connectivity index (χ3n) is 4.79. The summed E-state index contributed by atoms with van der Waals surface area (Å²) < 4.78 is 5.68. The molecule has 1 aliphatic heterocycles. The van der Waals surface area contributed by atoms with Crippen molar-refractivity contribution in [1.29, 1.82) is 0 Å². The zero-order valence-corrected chi connectivity index (χ0v) is 15.1. The SMILES string of the molecule is CCN(CC)C(CNc1nc(N)nc2c1CCNCC2)c1ccco1. The summed E-state index contributed by atoms with van der Waals surface area (Å²) in [6, 6.07) is 4.12. The Morgan fingerprint density at radius 2 is 2.08 bits per heavy atom. The number of likely N-dealkylation sites (N-methyl/N-ethyl adjacent to an activating group) is 1. The molecule has 0 radical (unpaired) electrons. The van der Waals surface area contributed by atoms with Gasteiger partial charge in [0, 0.05) is 25.1 Å². The number of nitrogens with zero attached hydrogens (tertiary/aromatic N) is 3. The molecular weight excluding hydrogens is 316 g/mol. The van der Waals surface area contributed by atoms with Crippen LogP contribution in [0.15, 0.2) is 22.8 Å². The number of anilines is 2. The maximum atomic E-state index is 5.94. The number of nitrogens with two attached hydrogens (primary N) is 1. The minimum Gasteiger partial charge on any atom is -0.468 e. The van der Waals surface area contributed by atoms with Crippen LogP contribution in [-0.2, 0) is 12.8 Å². The van der Waals surface area contributed by atoms with E-state index in [1.54, 1.807) is 6.26 Å². The van der Waals surface area contributed by atoms with Gasteiger partial charge in [0.1, 0.15) is 11.6 Å². The molecule has 7 heteroatoms. The lowest BCUT2D eigenvalue weighted by atomic mass is 10.1. The van der Waals surface area contributed by atoms with Crippen molar-refractivity contribution in [3.63, 3.8) is 0 Å². The van der Waals surface area contributed by atoms with Crippen LogP contribution in [0.5, 0.6) is 0 Å². The number of fused-ring (bicyclic) bond motifs is 1. The minimum absolute atomic E-state index is 0.153. The molecule has 3 heterocycles. The number of hydrogen-bond donors (Lipinski definition) is 3. The Kier molecular flexibility index (Phi) is 5.88. The molecule has 25 heavy (non-hydrogen) atoms. The molecule has 136 valence electrons. The van der Waals surface area contributed by atoms with Gasteiger partial charge in [0.15, 0.2) is 0 Å². The predicted octanol–water partition coefficient (Wildman–Crippen LogP) is 1.84. The van der Waals surface area contributed by atoms with E-state index in [1.165, 1.54) is 5.56 Å². The maximum Gasteiger partial charge on any atom is 0.222 e. The van der Waals surface area contributed by atoms with Crippen molar-refractivity contribution >= 4 is 11.8 Å². The van der Waals surface area contributed by atoms with Gasteiger partial charge in [-0.2, -0.15) is 4.98 Å². The fraction of sp³-hybridized carbons (Fsp3) is 0.556. The highest BCUT2D eigenvalue weighted by Crippen LogP contribution is 2.24. The molecule has 0 bridgehead atoms. The van der Waals surface area contributed by atoms with E-state index < -0.39 is 0 Å². The number of rotatable bonds is 7. The minimum atomic E-state index is 0.153. The zero-order valence-electron chi connectivity index (χ0n) is 15.1. The second kappa shape index (κ2) is 8.31. The van der Waals surface area contributed by atoms with Crippen LogP contribution in [0.25, 0.3) is 0 Å². The molecule has 1 aliphatic rings. The van der Waals surface area contributed by atoms with Crippen molar-refractivity contribution in [2.24, 2.45) is 0 Å². The van der Waals surface area contributed by atoms with Crippen molar-refractivity contribution in [3.05, 3.63) is 35.4 Å². The van der Waals surface area contributed by atoms with Crippen molar-refractivity contribution < 1.29 is 4.42 Å². The summed E-state index contributed by atoms with van der Waals surface area (Å²) in [7, 11) is 0. The van der Waals surface area contributed by atoms with Crippen LogP contribution in [0.4, 0.5) is 11.8 Å². The van der Waals surface area contributed by atoms with E-state index in [0.717, 1.165) is 56.3 Å². The first-order chi connectivity index (χ1) is 12.2. The molecule has 7 nitrogen and oxygen atoms in total. The quantitative estimate of drug-likeness (QED) is 0.706. The molecule has 2 aromatic rings. The highest BCUT2D eigenvalue weighted by atomic mass is 16.3. The lowest BCUT2D eigenvalue weighted by molar-refractivity contribution is 0.201. The Balaban J connectivity index is 1.82. The van der Waals surface area contributed by atoms with Crippen molar-refractivity contribution in [2.75, 3.05) is 43.8 Å². The predicted molar refractivity (Wildman–Crippen MR) is 99.6 cm³/mol. The first kappa shape index (κ1) is 17.7. The standard InChI is InChI=1S/C18H28N6O/c1-3-24(4-2)15(16-6-5-11-25-16)12-21-17-13-7-9-20-10-8-14(13)22-18(19)23-17/h5-6,11,15,20H,3-4,7-10,12H2,1-2H3,(H3,19,21,22,23). The fourth-order valence-electron chi connectivity index (χ4n) is 3.46. The molecule has 3 rings (SSSR count). The summed E-state index contributed by atoms with van der Waals surface area (Å²) in [4.78, 5) is 11.3. The lowest BCUT2D eigenvalue weighted by Crippen LogP contribution is -2.33. The van der Waals surface area contributed by atoms with Crippen LogP contribution in [0.3, 0.4) is 0 Å². The van der Waals surface area contributed by atoms with Gasteiger partial charge in [-0.1, -0.05) is 13.8 Å². The van der Waals surface area contributed by atoms with Crippen LogP contribution in [0.1, 0.15) is 36.9 Å². The number of nitrogen functional groups attached to an aromatic ring is 1. The average Bonchev–Trinajstić information content (AvgIpc) is 3.04. The smallest absolute Gasteiger partial charge is 0.222 e. The summed E-state index contributed by atoms with van der Waals surface area (Å²) in [5, 5.41) is 6.92.